The van der Waals surface area contributed by atoms with Gasteiger partial charge in [-0.25, -0.2) is 4.98 Å². The van der Waals surface area contributed by atoms with Crippen LogP contribution in [0.3, 0.4) is 0 Å². The van der Waals surface area contributed by atoms with Gasteiger partial charge in [-0.3, -0.25) is 10.00 Å². The molecule has 2 N–H and O–H groups in total. The van der Waals surface area contributed by atoms with Crippen LogP contribution in [0, 0.1) is 6.92 Å². The van der Waals surface area contributed by atoms with Crippen molar-refractivity contribution in [2.45, 2.75) is 51.2 Å². The molecule has 5 heteroatoms. The summed E-state index contributed by atoms with van der Waals surface area (Å²) in [5.41, 5.74) is 0. The molecule has 1 aromatic heterocycles. The molecule has 0 radical (unpaired) electrons. The number of H-pyrrole nitrogens is 1. The van der Waals surface area contributed by atoms with Crippen molar-refractivity contribution in [1.29, 1.82) is 0 Å². The Bertz CT molecular complexity index is 404. The molecular weight excluding hydrogens is 240 g/mol. The molecule has 1 saturated heterocycles. The number of aliphatic hydroxyl groups excluding tert-OH is 1. The Balaban J connectivity index is 1.97. The SMILES string of the molecule is C=CCC[C@@H](O)CN1CCCC[C@H]1c1n[nH]c(C)n1. The van der Waals surface area contributed by atoms with Crippen LogP contribution in [0.1, 0.15) is 49.8 Å². The van der Waals surface area contributed by atoms with Gasteiger partial charge in [0.15, 0.2) is 5.82 Å². The average molecular weight is 264 g/mol. The molecule has 1 aliphatic rings. The summed E-state index contributed by atoms with van der Waals surface area (Å²) < 4.78 is 0. The van der Waals surface area contributed by atoms with Crippen LogP contribution in [0.25, 0.3) is 0 Å². The minimum absolute atomic E-state index is 0.247. The highest BCUT2D eigenvalue weighted by Gasteiger charge is 2.28. The van der Waals surface area contributed by atoms with Crippen LogP contribution in [0.2, 0.25) is 0 Å². The van der Waals surface area contributed by atoms with E-state index in [1.165, 1.54) is 12.8 Å². The summed E-state index contributed by atoms with van der Waals surface area (Å²) in [6, 6.07) is 0.247. The zero-order valence-electron chi connectivity index (χ0n) is 11.7. The van der Waals surface area contributed by atoms with E-state index < -0.39 is 0 Å². The van der Waals surface area contributed by atoms with Crippen LogP contribution in [0.4, 0.5) is 0 Å². The molecule has 2 atom stereocenters. The van der Waals surface area contributed by atoms with Crippen molar-refractivity contribution in [3.8, 4) is 0 Å². The Morgan fingerprint density at radius 3 is 3.11 bits per heavy atom. The van der Waals surface area contributed by atoms with Crippen molar-refractivity contribution in [3.63, 3.8) is 0 Å². The first-order valence-electron chi connectivity index (χ1n) is 7.12. The quantitative estimate of drug-likeness (QED) is 0.771. The predicted molar refractivity (Wildman–Crippen MR) is 74.7 cm³/mol. The molecule has 19 heavy (non-hydrogen) atoms. The molecule has 0 amide bonds. The molecule has 106 valence electrons. The fourth-order valence-electron chi connectivity index (χ4n) is 2.68. The van der Waals surface area contributed by atoms with Gasteiger partial charge in [0.1, 0.15) is 5.82 Å². The van der Waals surface area contributed by atoms with Crippen molar-refractivity contribution in [2.24, 2.45) is 0 Å². The van der Waals surface area contributed by atoms with E-state index in [4.69, 9.17) is 0 Å². The van der Waals surface area contributed by atoms with E-state index in [1.807, 2.05) is 13.0 Å². The predicted octanol–water partition coefficient (Wildman–Crippen LogP) is 1.97. The number of hydrogen-bond acceptors (Lipinski definition) is 4. The van der Waals surface area contributed by atoms with Gasteiger partial charge in [0.25, 0.3) is 0 Å². The highest BCUT2D eigenvalue weighted by molar-refractivity contribution is 4.98. The van der Waals surface area contributed by atoms with Gasteiger partial charge in [0, 0.05) is 6.54 Å². The van der Waals surface area contributed by atoms with Crippen molar-refractivity contribution >= 4 is 0 Å². The monoisotopic (exact) mass is 264 g/mol. The summed E-state index contributed by atoms with van der Waals surface area (Å²) >= 11 is 0. The third-order valence-corrected chi connectivity index (χ3v) is 3.68. The van der Waals surface area contributed by atoms with Gasteiger partial charge >= 0.3 is 0 Å². The highest BCUT2D eigenvalue weighted by atomic mass is 16.3. The number of nitrogens with zero attached hydrogens (tertiary/aromatic N) is 3. The van der Waals surface area contributed by atoms with Gasteiger partial charge in [0.05, 0.1) is 12.1 Å². The fraction of sp³-hybridized carbons (Fsp3) is 0.714. The summed E-state index contributed by atoms with van der Waals surface area (Å²) in [5.74, 6) is 1.72. The van der Waals surface area contributed by atoms with E-state index in [1.54, 1.807) is 0 Å². The first-order valence-corrected chi connectivity index (χ1v) is 7.12. The maximum Gasteiger partial charge on any atom is 0.167 e. The normalized spacial score (nSPS) is 22.3. The van der Waals surface area contributed by atoms with Gasteiger partial charge in [-0.15, -0.1) is 6.58 Å². The number of piperidine rings is 1. The summed E-state index contributed by atoms with van der Waals surface area (Å²) in [7, 11) is 0. The number of aryl methyl sites for hydroxylation is 1. The topological polar surface area (TPSA) is 65.0 Å². The Kier molecular flexibility index (Phi) is 5.10. The second-order valence-corrected chi connectivity index (χ2v) is 5.31. The standard InChI is InChI=1S/C14H24N4O/c1-3-4-7-12(19)10-18-9-6-5-8-13(18)14-15-11(2)16-17-14/h3,12-13,19H,1,4-10H2,2H3,(H,15,16,17)/t12-,13+/m1/s1. The summed E-state index contributed by atoms with van der Waals surface area (Å²) in [6.07, 6.45) is 6.67. The fourth-order valence-corrected chi connectivity index (χ4v) is 2.68. The second-order valence-electron chi connectivity index (χ2n) is 5.31. The Morgan fingerprint density at radius 2 is 2.42 bits per heavy atom. The van der Waals surface area contributed by atoms with E-state index in [0.717, 1.165) is 37.5 Å². The Morgan fingerprint density at radius 1 is 1.58 bits per heavy atom. The van der Waals surface area contributed by atoms with Gasteiger partial charge in [-0.05, 0) is 39.2 Å². The van der Waals surface area contributed by atoms with Crippen molar-refractivity contribution in [1.82, 2.24) is 20.1 Å². The largest absolute Gasteiger partial charge is 0.392 e. The van der Waals surface area contributed by atoms with Crippen LogP contribution in [0.15, 0.2) is 12.7 Å². The minimum Gasteiger partial charge on any atom is -0.392 e. The van der Waals surface area contributed by atoms with Gasteiger partial charge in [-0.1, -0.05) is 12.5 Å². The van der Waals surface area contributed by atoms with Crippen LogP contribution in [0.5, 0.6) is 0 Å². The summed E-state index contributed by atoms with van der Waals surface area (Å²) in [4.78, 5) is 6.77. The van der Waals surface area contributed by atoms with Crippen LogP contribution < -0.4 is 0 Å². The summed E-state index contributed by atoms with van der Waals surface area (Å²) in [5, 5.41) is 17.3. The van der Waals surface area contributed by atoms with Crippen LogP contribution in [-0.4, -0.2) is 44.4 Å². The molecule has 0 unspecified atom stereocenters. The first-order chi connectivity index (χ1) is 9.20. The van der Waals surface area contributed by atoms with E-state index in [-0.39, 0.29) is 12.1 Å². The van der Waals surface area contributed by atoms with E-state index in [0.29, 0.717) is 6.54 Å². The van der Waals surface area contributed by atoms with E-state index in [9.17, 15) is 5.11 Å². The number of aromatic nitrogens is 3. The van der Waals surface area contributed by atoms with Crippen LogP contribution in [-0.2, 0) is 0 Å². The highest BCUT2D eigenvalue weighted by Crippen LogP contribution is 2.29. The van der Waals surface area contributed by atoms with Gasteiger partial charge in [-0.2, -0.15) is 5.10 Å². The molecule has 1 aromatic rings. The van der Waals surface area contributed by atoms with Gasteiger partial charge in [0.2, 0.25) is 0 Å². The smallest absolute Gasteiger partial charge is 0.167 e. The lowest BCUT2D eigenvalue weighted by atomic mass is 10.0. The zero-order valence-corrected chi connectivity index (χ0v) is 11.7. The van der Waals surface area contributed by atoms with Crippen molar-refractivity contribution < 1.29 is 5.11 Å². The Hall–Kier alpha value is -1.20. The minimum atomic E-state index is -0.293. The lowest BCUT2D eigenvalue weighted by Crippen LogP contribution is -2.39. The van der Waals surface area contributed by atoms with Crippen LogP contribution >= 0.6 is 0 Å². The third kappa shape index (κ3) is 3.88. The van der Waals surface area contributed by atoms with E-state index >= 15 is 0 Å². The molecule has 1 aliphatic heterocycles. The van der Waals surface area contributed by atoms with Gasteiger partial charge < -0.3 is 5.11 Å². The number of rotatable bonds is 6. The molecule has 0 aliphatic carbocycles. The molecule has 2 heterocycles. The molecule has 5 nitrogen and oxygen atoms in total. The number of aliphatic hydroxyl groups is 1. The Labute approximate surface area is 114 Å². The molecule has 1 fully saturated rings. The summed E-state index contributed by atoms with van der Waals surface area (Å²) in [6.45, 7) is 7.33. The zero-order chi connectivity index (χ0) is 13.7. The lowest BCUT2D eigenvalue weighted by molar-refractivity contribution is 0.0603. The average Bonchev–Trinajstić information content (AvgIpc) is 2.83. The second kappa shape index (κ2) is 6.82. The molecule has 2 rings (SSSR count). The number of nitrogens with one attached hydrogen (secondary N) is 1. The third-order valence-electron chi connectivity index (χ3n) is 3.68. The molecular formula is C14H24N4O. The number of β-amino-alcohol motifs (C(OH)–C–C–N with tert-alkyl or cyclic N) is 1. The maximum absolute atomic E-state index is 10.1. The maximum atomic E-state index is 10.1. The molecule has 0 bridgehead atoms. The number of likely N-dealkylation sites (tertiary alicyclic amines) is 1. The molecule has 0 spiro atoms. The van der Waals surface area contributed by atoms with Crippen molar-refractivity contribution in [2.75, 3.05) is 13.1 Å². The first kappa shape index (κ1) is 14.2. The number of aromatic amines is 1. The lowest BCUT2D eigenvalue weighted by Gasteiger charge is -2.35. The molecule has 0 saturated carbocycles. The number of hydrogen-bond donors (Lipinski definition) is 2. The van der Waals surface area contributed by atoms with E-state index in [2.05, 4.69) is 26.7 Å². The molecule has 0 aromatic carbocycles. The number of allylic oxidation sites excluding steroid dienone is 1. The van der Waals surface area contributed by atoms with Crippen molar-refractivity contribution in [3.05, 3.63) is 24.3 Å².